The number of rotatable bonds is 5. The molecule has 1 amide bonds. The number of aryl methyl sites for hydroxylation is 2. The third-order valence-electron chi connectivity index (χ3n) is 5.03. The van der Waals surface area contributed by atoms with Gasteiger partial charge in [0.25, 0.3) is 15.9 Å². The monoisotopic (exact) mass is 501 g/mol. The van der Waals surface area contributed by atoms with Gasteiger partial charge in [0.05, 0.1) is 27.2 Å². The number of nitrogens with zero attached hydrogens (tertiary/aromatic N) is 2. The second-order valence-corrected chi connectivity index (χ2v) is 10.3. The predicted octanol–water partition coefficient (Wildman–Crippen LogP) is 4.75. The Hall–Kier alpha value is -3.14. The van der Waals surface area contributed by atoms with Gasteiger partial charge in [0, 0.05) is 18.3 Å². The summed E-state index contributed by atoms with van der Waals surface area (Å²) in [6.45, 7) is 1.97. The van der Waals surface area contributed by atoms with E-state index in [0.29, 0.717) is 15.6 Å². The zero-order chi connectivity index (χ0) is 23.8. The minimum absolute atomic E-state index is 0.0780. The van der Waals surface area contributed by atoms with Gasteiger partial charge in [-0.05, 0) is 61.0 Å². The Balaban J connectivity index is 1.65. The number of hydrogen-bond acceptors (Lipinski definition) is 5. The van der Waals surface area contributed by atoms with Crippen molar-refractivity contribution >= 4 is 54.8 Å². The molecule has 3 aromatic carbocycles. The van der Waals surface area contributed by atoms with Crippen LogP contribution in [0.15, 0.2) is 70.6 Å². The molecule has 1 aromatic heterocycles. The lowest BCUT2D eigenvalue weighted by Crippen LogP contribution is -2.15. The lowest BCUT2D eigenvalue weighted by Gasteiger charge is -2.09. The molecule has 0 aliphatic rings. The summed E-state index contributed by atoms with van der Waals surface area (Å²) in [5, 5.41) is 0.597. The molecule has 0 unspecified atom stereocenters. The maximum absolute atomic E-state index is 12.9. The van der Waals surface area contributed by atoms with Crippen LogP contribution >= 0.6 is 22.9 Å². The maximum Gasteiger partial charge on any atom is 0.279 e. The van der Waals surface area contributed by atoms with Crippen LogP contribution in [0.2, 0.25) is 5.02 Å². The Morgan fingerprint density at radius 2 is 1.85 bits per heavy atom. The van der Waals surface area contributed by atoms with E-state index in [0.717, 1.165) is 15.8 Å². The van der Waals surface area contributed by atoms with E-state index in [1.807, 2.05) is 30.7 Å². The molecule has 0 fully saturated rings. The van der Waals surface area contributed by atoms with E-state index in [9.17, 15) is 13.2 Å². The number of benzene rings is 3. The standard InChI is InChI=1S/C23H20ClN3O4S2/c1-14-7-12-19(24)21-20(14)27(2)23(32-21)25-22(28)15-5-4-6-16(13-15)26-33(29,30)18-10-8-17(31-3)9-11-18/h4-13,26H,1-3H3. The number of carbonyl (C=O) groups excluding carboxylic acids is 1. The van der Waals surface area contributed by atoms with E-state index >= 15 is 0 Å². The molecule has 0 radical (unpaired) electrons. The van der Waals surface area contributed by atoms with Gasteiger partial charge in [-0.15, -0.1) is 0 Å². The van der Waals surface area contributed by atoms with E-state index in [-0.39, 0.29) is 16.1 Å². The molecular weight excluding hydrogens is 482 g/mol. The van der Waals surface area contributed by atoms with Gasteiger partial charge < -0.3 is 9.30 Å². The van der Waals surface area contributed by atoms with Crippen molar-refractivity contribution in [3.8, 4) is 5.75 Å². The topological polar surface area (TPSA) is 89.8 Å². The molecule has 0 spiro atoms. The molecule has 0 bridgehead atoms. The van der Waals surface area contributed by atoms with Crippen molar-refractivity contribution in [3.05, 3.63) is 81.6 Å². The molecule has 4 rings (SSSR count). The van der Waals surface area contributed by atoms with Gasteiger partial charge >= 0.3 is 0 Å². The number of hydrogen-bond donors (Lipinski definition) is 1. The van der Waals surface area contributed by atoms with Gasteiger partial charge in [0.1, 0.15) is 5.75 Å². The molecule has 4 aromatic rings. The van der Waals surface area contributed by atoms with Crippen LogP contribution in [0.25, 0.3) is 10.2 Å². The normalized spacial score (nSPS) is 12.2. The molecule has 1 heterocycles. The number of methoxy groups -OCH3 is 1. The van der Waals surface area contributed by atoms with Crippen LogP contribution in [0.1, 0.15) is 15.9 Å². The van der Waals surface area contributed by atoms with Crippen molar-refractivity contribution in [1.82, 2.24) is 4.57 Å². The fourth-order valence-electron chi connectivity index (χ4n) is 3.35. The number of nitrogens with one attached hydrogen (secondary N) is 1. The Bertz CT molecular complexity index is 1540. The quantitative estimate of drug-likeness (QED) is 0.427. The SMILES string of the molecule is COc1ccc(S(=O)(=O)Nc2cccc(C(=O)N=c3sc4c(Cl)ccc(C)c4n3C)c2)cc1. The van der Waals surface area contributed by atoms with E-state index in [2.05, 4.69) is 9.71 Å². The van der Waals surface area contributed by atoms with Crippen LogP contribution in [0.4, 0.5) is 5.69 Å². The first-order valence-corrected chi connectivity index (χ1v) is 12.5. The summed E-state index contributed by atoms with van der Waals surface area (Å²) in [5.41, 5.74) is 2.45. The molecule has 0 saturated heterocycles. The number of carbonyl (C=O) groups is 1. The average Bonchev–Trinajstić information content (AvgIpc) is 3.13. The highest BCUT2D eigenvalue weighted by Crippen LogP contribution is 2.28. The van der Waals surface area contributed by atoms with Crippen LogP contribution in [-0.2, 0) is 17.1 Å². The summed E-state index contributed by atoms with van der Waals surface area (Å²) in [7, 11) is -0.507. The maximum atomic E-state index is 12.9. The predicted molar refractivity (Wildman–Crippen MR) is 131 cm³/mol. The minimum atomic E-state index is -3.84. The van der Waals surface area contributed by atoms with E-state index in [4.69, 9.17) is 16.3 Å². The second kappa shape index (κ2) is 9.01. The highest BCUT2D eigenvalue weighted by atomic mass is 35.5. The summed E-state index contributed by atoms with van der Waals surface area (Å²) < 4.78 is 35.7. The number of halogens is 1. The Morgan fingerprint density at radius 3 is 2.52 bits per heavy atom. The summed E-state index contributed by atoms with van der Waals surface area (Å²) in [6, 6.07) is 16.0. The molecular formula is C23H20ClN3O4S2. The van der Waals surface area contributed by atoms with Crippen LogP contribution < -0.4 is 14.3 Å². The van der Waals surface area contributed by atoms with Gasteiger partial charge in [-0.3, -0.25) is 9.52 Å². The van der Waals surface area contributed by atoms with Crippen molar-refractivity contribution in [2.75, 3.05) is 11.8 Å². The summed E-state index contributed by atoms with van der Waals surface area (Å²) in [6.07, 6.45) is 0. The van der Waals surface area contributed by atoms with Crippen molar-refractivity contribution in [2.24, 2.45) is 12.0 Å². The zero-order valence-electron chi connectivity index (χ0n) is 18.0. The Kier molecular flexibility index (Phi) is 6.29. The minimum Gasteiger partial charge on any atom is -0.497 e. The summed E-state index contributed by atoms with van der Waals surface area (Å²) in [5.74, 6) is 0.0606. The molecule has 10 heteroatoms. The first-order valence-electron chi connectivity index (χ1n) is 9.80. The first kappa shape index (κ1) is 23.0. The number of fused-ring (bicyclic) bond motifs is 1. The number of thiazole rings is 1. The molecule has 7 nitrogen and oxygen atoms in total. The smallest absolute Gasteiger partial charge is 0.279 e. The third-order valence-corrected chi connectivity index (χ3v) is 8.02. The van der Waals surface area contributed by atoms with E-state index in [1.165, 1.54) is 36.6 Å². The number of anilines is 1. The largest absolute Gasteiger partial charge is 0.497 e. The number of ether oxygens (including phenoxy) is 1. The molecule has 1 N–H and O–H groups in total. The van der Waals surface area contributed by atoms with Gasteiger partial charge in [-0.25, -0.2) is 8.42 Å². The van der Waals surface area contributed by atoms with Gasteiger partial charge in [-0.2, -0.15) is 4.99 Å². The molecule has 0 saturated carbocycles. The third kappa shape index (κ3) is 4.66. The highest BCUT2D eigenvalue weighted by molar-refractivity contribution is 7.92. The summed E-state index contributed by atoms with van der Waals surface area (Å²) >= 11 is 7.64. The Labute approximate surface area is 200 Å². The van der Waals surface area contributed by atoms with Crippen LogP contribution in [0.5, 0.6) is 5.75 Å². The van der Waals surface area contributed by atoms with Crippen LogP contribution in [-0.4, -0.2) is 26.0 Å². The molecule has 33 heavy (non-hydrogen) atoms. The van der Waals surface area contributed by atoms with Gasteiger partial charge in [0.15, 0.2) is 4.80 Å². The number of sulfonamides is 1. The molecule has 170 valence electrons. The molecule has 0 atom stereocenters. The van der Waals surface area contributed by atoms with Gasteiger partial charge in [0.2, 0.25) is 0 Å². The lowest BCUT2D eigenvalue weighted by molar-refractivity contribution is 0.0998. The molecule has 0 aliphatic heterocycles. The van der Waals surface area contributed by atoms with Crippen molar-refractivity contribution in [3.63, 3.8) is 0 Å². The van der Waals surface area contributed by atoms with Gasteiger partial charge in [-0.1, -0.05) is 35.1 Å². The highest BCUT2D eigenvalue weighted by Gasteiger charge is 2.16. The lowest BCUT2D eigenvalue weighted by atomic mass is 10.2. The number of aromatic nitrogens is 1. The average molecular weight is 502 g/mol. The van der Waals surface area contributed by atoms with E-state index in [1.54, 1.807) is 30.3 Å². The fraction of sp³-hybridized carbons (Fsp3) is 0.130. The number of amides is 1. The second-order valence-electron chi connectivity index (χ2n) is 7.26. The zero-order valence-corrected chi connectivity index (χ0v) is 20.4. The van der Waals surface area contributed by atoms with E-state index < -0.39 is 15.9 Å². The van der Waals surface area contributed by atoms with Crippen molar-refractivity contribution in [2.45, 2.75) is 11.8 Å². The summed E-state index contributed by atoms with van der Waals surface area (Å²) in [4.78, 5) is 17.7. The Morgan fingerprint density at radius 1 is 1.12 bits per heavy atom. The van der Waals surface area contributed by atoms with Crippen molar-refractivity contribution in [1.29, 1.82) is 0 Å². The van der Waals surface area contributed by atoms with Crippen LogP contribution in [0.3, 0.4) is 0 Å². The van der Waals surface area contributed by atoms with Crippen molar-refractivity contribution < 1.29 is 17.9 Å². The molecule has 0 aliphatic carbocycles. The first-order chi connectivity index (χ1) is 15.7. The fourth-order valence-corrected chi connectivity index (χ4v) is 5.77. The van der Waals surface area contributed by atoms with Crippen LogP contribution in [0, 0.1) is 6.92 Å².